The number of hydrogen-bond acceptors (Lipinski definition) is 7. The Bertz CT molecular complexity index is 1230. The number of benzene rings is 3. The maximum atomic E-state index is 12.4. The Kier molecular flexibility index (Phi) is 7.90. The van der Waals surface area contributed by atoms with Crippen LogP contribution in [0.3, 0.4) is 0 Å². The minimum atomic E-state index is -0.575. The van der Waals surface area contributed by atoms with Crippen LogP contribution >= 0.6 is 0 Å². The molecule has 34 heavy (non-hydrogen) atoms. The highest BCUT2D eigenvalue weighted by atomic mass is 16.6. The normalized spacial score (nSPS) is 10.5. The van der Waals surface area contributed by atoms with Crippen molar-refractivity contribution in [1.82, 2.24) is 5.43 Å². The smallest absolute Gasteiger partial charge is 0.282 e. The topological polar surface area (TPSA) is 132 Å². The molecule has 0 fully saturated rings. The Hall–Kier alpha value is -4.73. The summed E-state index contributed by atoms with van der Waals surface area (Å²) in [5.41, 5.74) is 3.76. The molecule has 10 nitrogen and oxygen atoms in total. The van der Waals surface area contributed by atoms with Gasteiger partial charge in [0.15, 0.2) is 11.5 Å². The van der Waals surface area contributed by atoms with Gasteiger partial charge in [-0.2, -0.15) is 5.10 Å². The van der Waals surface area contributed by atoms with Crippen molar-refractivity contribution < 1.29 is 24.0 Å². The molecule has 0 bridgehead atoms. The fourth-order valence-electron chi connectivity index (χ4n) is 3.00. The molecule has 0 saturated carbocycles. The van der Waals surface area contributed by atoms with Crippen LogP contribution in [0, 0.1) is 10.1 Å². The van der Waals surface area contributed by atoms with E-state index in [1.165, 1.54) is 32.2 Å². The van der Waals surface area contributed by atoms with Gasteiger partial charge in [0.25, 0.3) is 11.6 Å². The average Bonchev–Trinajstić information content (AvgIpc) is 2.83. The number of carbonyl (C=O) groups excluding carboxylic acids is 2. The summed E-state index contributed by atoms with van der Waals surface area (Å²) in [6, 6.07) is 18.3. The molecule has 0 atom stereocenters. The first kappa shape index (κ1) is 23.9. The van der Waals surface area contributed by atoms with Crippen LogP contribution < -0.4 is 20.2 Å². The van der Waals surface area contributed by atoms with E-state index in [9.17, 15) is 19.7 Å². The van der Waals surface area contributed by atoms with Crippen molar-refractivity contribution in [3.05, 3.63) is 93.5 Å². The number of nitrogens with one attached hydrogen (secondary N) is 2. The molecule has 0 heterocycles. The molecule has 174 valence electrons. The number of carbonyl (C=O) groups is 2. The summed E-state index contributed by atoms with van der Waals surface area (Å²) >= 11 is 0. The van der Waals surface area contributed by atoms with Gasteiger partial charge in [-0.3, -0.25) is 19.7 Å². The van der Waals surface area contributed by atoms with Crippen LogP contribution in [0.15, 0.2) is 71.8 Å². The summed E-state index contributed by atoms with van der Waals surface area (Å²) in [7, 11) is 1.42. The lowest BCUT2D eigenvalue weighted by molar-refractivity contribution is -0.385. The summed E-state index contributed by atoms with van der Waals surface area (Å²) < 4.78 is 11.0. The molecule has 0 aliphatic rings. The molecule has 0 spiro atoms. The second kappa shape index (κ2) is 11.2. The molecule has 3 aromatic carbocycles. The summed E-state index contributed by atoms with van der Waals surface area (Å²) in [5.74, 6) is -0.347. The van der Waals surface area contributed by atoms with Crippen LogP contribution in [0.1, 0.15) is 28.4 Å². The van der Waals surface area contributed by atoms with Crippen molar-refractivity contribution in [3.63, 3.8) is 0 Å². The first-order chi connectivity index (χ1) is 16.4. The highest BCUT2D eigenvalue weighted by Crippen LogP contribution is 2.34. The Morgan fingerprint density at radius 2 is 1.82 bits per heavy atom. The van der Waals surface area contributed by atoms with E-state index in [0.717, 1.165) is 11.8 Å². The lowest BCUT2D eigenvalue weighted by Gasteiger charge is -2.12. The molecule has 0 aliphatic heterocycles. The van der Waals surface area contributed by atoms with E-state index in [1.807, 2.05) is 30.3 Å². The zero-order valence-electron chi connectivity index (χ0n) is 18.5. The molecule has 3 rings (SSSR count). The molecular weight excluding hydrogens is 440 g/mol. The van der Waals surface area contributed by atoms with E-state index < -0.39 is 10.8 Å². The van der Waals surface area contributed by atoms with Crippen molar-refractivity contribution in [2.45, 2.75) is 13.5 Å². The second-order valence-corrected chi connectivity index (χ2v) is 7.05. The maximum Gasteiger partial charge on any atom is 0.282 e. The number of nitrogens with zero attached hydrogens (tertiary/aromatic N) is 2. The maximum absolute atomic E-state index is 12.4. The molecular formula is C24H22N4O6. The molecule has 2 N–H and O–H groups in total. The highest BCUT2D eigenvalue weighted by molar-refractivity contribution is 5.97. The van der Waals surface area contributed by atoms with Gasteiger partial charge in [-0.25, -0.2) is 5.43 Å². The summed E-state index contributed by atoms with van der Waals surface area (Å²) in [6.07, 6.45) is 1.15. The monoisotopic (exact) mass is 462 g/mol. The SMILES string of the molecule is COc1cc(C=NNC(=O)c2cccc(NC(C)=O)c2)c([N+](=O)[O-])cc1OCc1ccccc1. The van der Waals surface area contributed by atoms with Crippen LogP contribution in [0.25, 0.3) is 0 Å². The predicted molar refractivity (Wildman–Crippen MR) is 126 cm³/mol. The first-order valence-corrected chi connectivity index (χ1v) is 10.1. The number of ether oxygens (including phenoxy) is 2. The van der Waals surface area contributed by atoms with Gasteiger partial charge in [0, 0.05) is 18.2 Å². The van der Waals surface area contributed by atoms with Gasteiger partial charge in [-0.05, 0) is 29.8 Å². The minimum absolute atomic E-state index is 0.112. The minimum Gasteiger partial charge on any atom is -0.493 e. The molecule has 0 aliphatic carbocycles. The third-order valence-electron chi connectivity index (χ3n) is 4.56. The zero-order valence-corrected chi connectivity index (χ0v) is 18.5. The van der Waals surface area contributed by atoms with Crippen LogP contribution in [0.4, 0.5) is 11.4 Å². The van der Waals surface area contributed by atoms with E-state index in [1.54, 1.807) is 18.2 Å². The van der Waals surface area contributed by atoms with E-state index in [0.29, 0.717) is 5.69 Å². The highest BCUT2D eigenvalue weighted by Gasteiger charge is 2.19. The number of nitro benzene ring substituents is 1. The number of rotatable bonds is 9. The van der Waals surface area contributed by atoms with Crippen LogP contribution in [0.5, 0.6) is 11.5 Å². The van der Waals surface area contributed by atoms with Gasteiger partial charge in [-0.1, -0.05) is 36.4 Å². The van der Waals surface area contributed by atoms with E-state index in [2.05, 4.69) is 15.8 Å². The lowest BCUT2D eigenvalue weighted by Crippen LogP contribution is -2.18. The number of anilines is 1. The summed E-state index contributed by atoms with van der Waals surface area (Å²) in [5, 5.41) is 18.0. The molecule has 10 heteroatoms. The average molecular weight is 462 g/mol. The van der Waals surface area contributed by atoms with Crippen LogP contribution in [-0.2, 0) is 11.4 Å². The van der Waals surface area contributed by atoms with Crippen molar-refractivity contribution in [2.24, 2.45) is 5.10 Å². The summed E-state index contributed by atoms with van der Waals surface area (Å²) in [6.45, 7) is 1.56. The number of hydrazone groups is 1. The van der Waals surface area contributed by atoms with Gasteiger partial charge >= 0.3 is 0 Å². The van der Waals surface area contributed by atoms with Gasteiger partial charge < -0.3 is 14.8 Å². The second-order valence-electron chi connectivity index (χ2n) is 7.05. The molecule has 2 amide bonds. The quantitative estimate of drug-likeness (QED) is 0.282. The fourth-order valence-corrected chi connectivity index (χ4v) is 3.00. The van der Waals surface area contributed by atoms with Crippen molar-refractivity contribution in [1.29, 1.82) is 0 Å². The molecule has 0 saturated heterocycles. The zero-order chi connectivity index (χ0) is 24.5. The van der Waals surface area contributed by atoms with Crippen LogP contribution in [-0.4, -0.2) is 30.1 Å². The molecule has 0 unspecified atom stereocenters. The number of amides is 2. The van der Waals surface area contributed by atoms with E-state index >= 15 is 0 Å². The fraction of sp³-hybridized carbons (Fsp3) is 0.125. The predicted octanol–water partition coefficient (Wildman–Crippen LogP) is 3.90. The number of hydrogen-bond donors (Lipinski definition) is 2. The van der Waals surface area contributed by atoms with Crippen molar-refractivity contribution >= 4 is 29.4 Å². The van der Waals surface area contributed by atoms with E-state index in [4.69, 9.17) is 9.47 Å². The molecule has 0 aromatic heterocycles. The van der Waals surface area contributed by atoms with Gasteiger partial charge in [0.1, 0.15) is 6.61 Å². The molecule has 3 aromatic rings. The Labute approximate surface area is 195 Å². The Morgan fingerprint density at radius 1 is 1.06 bits per heavy atom. The Balaban J connectivity index is 1.77. The summed E-state index contributed by atoms with van der Waals surface area (Å²) in [4.78, 5) is 34.6. The Morgan fingerprint density at radius 3 is 2.50 bits per heavy atom. The number of nitro groups is 1. The third kappa shape index (κ3) is 6.39. The standard InChI is InChI=1S/C24H22N4O6/c1-16(29)26-20-10-6-9-18(11-20)24(30)27-25-14-19-12-22(33-2)23(13-21(19)28(31)32)34-15-17-7-4-3-5-8-17/h3-14H,15H2,1-2H3,(H,26,29)(H,27,30). The first-order valence-electron chi connectivity index (χ1n) is 10.1. The van der Waals surface area contributed by atoms with Gasteiger partial charge in [0.05, 0.1) is 29.9 Å². The van der Waals surface area contributed by atoms with Crippen LogP contribution in [0.2, 0.25) is 0 Å². The van der Waals surface area contributed by atoms with Crippen molar-refractivity contribution in [3.8, 4) is 11.5 Å². The van der Waals surface area contributed by atoms with E-state index in [-0.39, 0.29) is 40.8 Å². The molecule has 0 radical (unpaired) electrons. The van der Waals surface area contributed by atoms with Gasteiger partial charge in [-0.15, -0.1) is 0 Å². The largest absolute Gasteiger partial charge is 0.493 e. The number of methoxy groups -OCH3 is 1. The van der Waals surface area contributed by atoms with Crippen molar-refractivity contribution in [2.75, 3.05) is 12.4 Å². The lowest BCUT2D eigenvalue weighted by atomic mass is 10.1. The van der Waals surface area contributed by atoms with Gasteiger partial charge in [0.2, 0.25) is 5.91 Å². The third-order valence-corrected chi connectivity index (χ3v) is 4.56.